The number of nitrogens with two attached hydrogens (primary N) is 1. The maximum absolute atomic E-state index is 11.5. The summed E-state index contributed by atoms with van der Waals surface area (Å²) in [5.74, 6) is 5.67. The molecule has 0 aromatic heterocycles. The van der Waals surface area contributed by atoms with Gasteiger partial charge in [0.05, 0.1) is 6.10 Å². The molecule has 4 heteroatoms. The van der Waals surface area contributed by atoms with Crippen molar-refractivity contribution in [3.63, 3.8) is 0 Å². The van der Waals surface area contributed by atoms with Crippen LogP contribution in [0, 0.1) is 5.92 Å². The molecule has 1 saturated carbocycles. The van der Waals surface area contributed by atoms with Crippen LogP contribution in [0.2, 0.25) is 0 Å². The SMILES string of the molecule is CCCC(OC1CCCC(C)C1)C(=O)NN. The van der Waals surface area contributed by atoms with E-state index < -0.39 is 0 Å². The van der Waals surface area contributed by atoms with Gasteiger partial charge in [0, 0.05) is 0 Å². The number of hydrogen-bond acceptors (Lipinski definition) is 3. The fourth-order valence-corrected chi connectivity index (χ4v) is 2.35. The van der Waals surface area contributed by atoms with E-state index in [0.29, 0.717) is 5.92 Å². The molecule has 1 aliphatic carbocycles. The molecule has 0 bridgehead atoms. The van der Waals surface area contributed by atoms with Crippen LogP contribution >= 0.6 is 0 Å². The lowest BCUT2D eigenvalue weighted by Gasteiger charge is -2.29. The molecule has 0 aromatic carbocycles. The Morgan fingerprint density at radius 3 is 2.88 bits per heavy atom. The number of hydrogen-bond donors (Lipinski definition) is 2. The first-order valence-electron chi connectivity index (χ1n) is 6.33. The Hall–Kier alpha value is -0.610. The van der Waals surface area contributed by atoms with Crippen molar-refractivity contribution in [3.05, 3.63) is 0 Å². The topological polar surface area (TPSA) is 64.3 Å². The molecule has 0 aliphatic heterocycles. The van der Waals surface area contributed by atoms with E-state index in [9.17, 15) is 4.79 Å². The fraction of sp³-hybridized carbons (Fsp3) is 0.917. The minimum absolute atomic E-state index is 0.194. The van der Waals surface area contributed by atoms with E-state index in [-0.39, 0.29) is 18.1 Å². The average Bonchev–Trinajstić information content (AvgIpc) is 2.27. The van der Waals surface area contributed by atoms with Crippen molar-refractivity contribution in [3.8, 4) is 0 Å². The van der Waals surface area contributed by atoms with Crippen LogP contribution in [0.15, 0.2) is 0 Å². The highest BCUT2D eigenvalue weighted by Gasteiger charge is 2.25. The third-order valence-electron chi connectivity index (χ3n) is 3.23. The maximum atomic E-state index is 11.5. The van der Waals surface area contributed by atoms with E-state index in [1.165, 1.54) is 12.8 Å². The highest BCUT2D eigenvalue weighted by molar-refractivity contribution is 5.80. The molecule has 3 atom stereocenters. The first-order valence-corrected chi connectivity index (χ1v) is 6.33. The molecule has 1 rings (SSSR count). The molecule has 1 amide bonds. The van der Waals surface area contributed by atoms with Crippen LogP contribution in [-0.4, -0.2) is 18.1 Å². The van der Waals surface area contributed by atoms with Crippen LogP contribution < -0.4 is 11.3 Å². The second-order valence-electron chi connectivity index (χ2n) is 4.82. The summed E-state index contributed by atoms with van der Waals surface area (Å²) in [4.78, 5) is 11.5. The third kappa shape index (κ3) is 4.10. The molecule has 4 nitrogen and oxygen atoms in total. The summed E-state index contributed by atoms with van der Waals surface area (Å²) >= 11 is 0. The van der Waals surface area contributed by atoms with E-state index in [2.05, 4.69) is 12.3 Å². The molecule has 0 saturated heterocycles. The molecule has 0 heterocycles. The largest absolute Gasteiger partial charge is 0.365 e. The first-order chi connectivity index (χ1) is 7.67. The Bertz CT molecular complexity index is 221. The van der Waals surface area contributed by atoms with E-state index in [0.717, 1.165) is 25.7 Å². The van der Waals surface area contributed by atoms with Gasteiger partial charge in [-0.1, -0.05) is 33.1 Å². The number of carbonyl (C=O) groups is 1. The number of ether oxygens (including phenoxy) is 1. The van der Waals surface area contributed by atoms with Crippen molar-refractivity contribution in [2.75, 3.05) is 0 Å². The van der Waals surface area contributed by atoms with Crippen LogP contribution in [0.1, 0.15) is 52.4 Å². The fourth-order valence-electron chi connectivity index (χ4n) is 2.35. The lowest BCUT2D eigenvalue weighted by molar-refractivity contribution is -0.139. The Kier molecular flexibility index (Phi) is 5.77. The van der Waals surface area contributed by atoms with Gasteiger partial charge in [0.25, 0.3) is 5.91 Å². The molecule has 3 N–H and O–H groups in total. The van der Waals surface area contributed by atoms with Gasteiger partial charge in [0.15, 0.2) is 0 Å². The summed E-state index contributed by atoms with van der Waals surface area (Å²) < 4.78 is 5.86. The van der Waals surface area contributed by atoms with Crippen molar-refractivity contribution < 1.29 is 9.53 Å². The van der Waals surface area contributed by atoms with Gasteiger partial charge < -0.3 is 4.74 Å². The van der Waals surface area contributed by atoms with Crippen LogP contribution in [0.3, 0.4) is 0 Å². The quantitative estimate of drug-likeness (QED) is 0.428. The van der Waals surface area contributed by atoms with Gasteiger partial charge >= 0.3 is 0 Å². The predicted molar refractivity (Wildman–Crippen MR) is 63.5 cm³/mol. The van der Waals surface area contributed by atoms with Crippen LogP contribution in [0.5, 0.6) is 0 Å². The summed E-state index contributed by atoms with van der Waals surface area (Å²) in [6.45, 7) is 4.29. The highest BCUT2D eigenvalue weighted by atomic mass is 16.5. The normalized spacial score (nSPS) is 27.4. The molecule has 94 valence electrons. The number of amides is 1. The molecule has 16 heavy (non-hydrogen) atoms. The average molecular weight is 228 g/mol. The molecule has 1 aliphatic rings. The number of carbonyl (C=O) groups excluding carboxylic acids is 1. The zero-order chi connectivity index (χ0) is 12.0. The highest BCUT2D eigenvalue weighted by Crippen LogP contribution is 2.27. The minimum atomic E-state index is -0.370. The standard InChI is InChI=1S/C12H24N2O2/c1-3-5-11(12(15)14-13)16-10-7-4-6-9(2)8-10/h9-11H,3-8,13H2,1-2H3,(H,14,15). The second kappa shape index (κ2) is 6.86. The zero-order valence-corrected chi connectivity index (χ0v) is 10.4. The first kappa shape index (κ1) is 13.5. The van der Waals surface area contributed by atoms with Crippen molar-refractivity contribution >= 4 is 5.91 Å². The number of nitrogens with one attached hydrogen (secondary N) is 1. The summed E-state index contributed by atoms with van der Waals surface area (Å²) in [7, 11) is 0. The summed E-state index contributed by atoms with van der Waals surface area (Å²) in [6.07, 6.45) is 6.16. The Morgan fingerprint density at radius 2 is 2.31 bits per heavy atom. The number of hydrazine groups is 1. The Labute approximate surface area is 97.9 Å². The van der Waals surface area contributed by atoms with Gasteiger partial charge in [-0.25, -0.2) is 5.84 Å². The van der Waals surface area contributed by atoms with E-state index >= 15 is 0 Å². The van der Waals surface area contributed by atoms with Crippen molar-refractivity contribution in [2.45, 2.75) is 64.6 Å². The van der Waals surface area contributed by atoms with Gasteiger partial charge in [-0.2, -0.15) is 0 Å². The number of rotatable bonds is 5. The van der Waals surface area contributed by atoms with Crippen LogP contribution in [0.4, 0.5) is 0 Å². The Morgan fingerprint density at radius 1 is 1.56 bits per heavy atom. The zero-order valence-electron chi connectivity index (χ0n) is 10.4. The third-order valence-corrected chi connectivity index (χ3v) is 3.23. The molecule has 0 spiro atoms. The molecule has 1 fully saturated rings. The van der Waals surface area contributed by atoms with Gasteiger partial charge in [0.1, 0.15) is 6.10 Å². The lowest BCUT2D eigenvalue weighted by Crippen LogP contribution is -2.42. The molecule has 0 aromatic rings. The monoisotopic (exact) mass is 228 g/mol. The second-order valence-corrected chi connectivity index (χ2v) is 4.82. The van der Waals surface area contributed by atoms with E-state index in [1.54, 1.807) is 0 Å². The summed E-state index contributed by atoms with van der Waals surface area (Å²) in [5, 5.41) is 0. The smallest absolute Gasteiger partial charge is 0.262 e. The van der Waals surface area contributed by atoms with Crippen LogP contribution in [0.25, 0.3) is 0 Å². The van der Waals surface area contributed by atoms with E-state index in [1.807, 2.05) is 6.92 Å². The molecular formula is C12H24N2O2. The lowest BCUT2D eigenvalue weighted by atomic mass is 9.88. The van der Waals surface area contributed by atoms with Crippen molar-refractivity contribution in [1.82, 2.24) is 5.43 Å². The maximum Gasteiger partial charge on any atom is 0.262 e. The van der Waals surface area contributed by atoms with Gasteiger partial charge in [-0.3, -0.25) is 10.2 Å². The van der Waals surface area contributed by atoms with Gasteiger partial charge in [-0.05, 0) is 25.2 Å². The minimum Gasteiger partial charge on any atom is -0.365 e. The Balaban J connectivity index is 2.43. The van der Waals surface area contributed by atoms with Crippen LogP contribution in [-0.2, 0) is 9.53 Å². The van der Waals surface area contributed by atoms with Gasteiger partial charge in [-0.15, -0.1) is 0 Å². The van der Waals surface area contributed by atoms with Gasteiger partial charge in [0.2, 0.25) is 0 Å². The summed E-state index contributed by atoms with van der Waals surface area (Å²) in [6, 6.07) is 0. The molecule has 3 unspecified atom stereocenters. The molecular weight excluding hydrogens is 204 g/mol. The summed E-state index contributed by atoms with van der Waals surface area (Å²) in [5.41, 5.74) is 2.19. The van der Waals surface area contributed by atoms with Crippen molar-refractivity contribution in [2.24, 2.45) is 11.8 Å². The van der Waals surface area contributed by atoms with Crippen molar-refractivity contribution in [1.29, 1.82) is 0 Å². The van der Waals surface area contributed by atoms with E-state index in [4.69, 9.17) is 10.6 Å². The predicted octanol–water partition coefficient (Wildman–Crippen LogP) is 1.74. The molecule has 0 radical (unpaired) electrons.